The highest BCUT2D eigenvalue weighted by Crippen LogP contribution is 2.06. The summed E-state index contributed by atoms with van der Waals surface area (Å²) < 4.78 is -0.131. The lowest BCUT2D eigenvalue weighted by Gasteiger charge is -2.33. The van der Waals surface area contributed by atoms with Gasteiger partial charge in [-0.1, -0.05) is 32.6 Å². The van der Waals surface area contributed by atoms with Gasteiger partial charge in [-0.05, 0) is 12.8 Å². The molecule has 0 radical (unpaired) electrons. The first-order valence-electron chi connectivity index (χ1n) is 5.10. The van der Waals surface area contributed by atoms with Crippen LogP contribution >= 0.6 is 0 Å². The molecule has 0 aliphatic carbocycles. The van der Waals surface area contributed by atoms with Crippen LogP contribution in [0, 0.1) is 5.21 Å². The Morgan fingerprint density at radius 1 is 0.923 bits per heavy atom. The number of nitrogens with zero attached hydrogens (tertiary/aromatic N) is 1. The Morgan fingerprint density at radius 3 is 1.85 bits per heavy atom. The summed E-state index contributed by atoms with van der Waals surface area (Å²) in [4.78, 5) is 0. The fraction of sp³-hybridized carbons (Fsp3) is 1.00. The van der Waals surface area contributed by atoms with E-state index in [-0.39, 0.29) is 10.1 Å². The number of rotatable bonds is 7. The SMILES string of the molecule is CCCCCCCC[N+](C)(C)[O-].O. The smallest absolute Gasteiger partial charge is 0.0779 e. The predicted octanol–water partition coefficient (Wildman–Crippen LogP) is 2.10. The second kappa shape index (κ2) is 8.48. The zero-order chi connectivity index (χ0) is 9.45. The minimum absolute atomic E-state index is 0. The van der Waals surface area contributed by atoms with Gasteiger partial charge in [-0.2, -0.15) is 0 Å². The Morgan fingerprint density at radius 2 is 1.38 bits per heavy atom. The zero-order valence-corrected chi connectivity index (χ0v) is 9.31. The molecule has 0 spiro atoms. The summed E-state index contributed by atoms with van der Waals surface area (Å²) in [6.45, 7) is 2.99. The minimum Gasteiger partial charge on any atom is -0.633 e. The van der Waals surface area contributed by atoms with Crippen molar-refractivity contribution in [3.8, 4) is 0 Å². The van der Waals surface area contributed by atoms with Crippen molar-refractivity contribution >= 4 is 0 Å². The van der Waals surface area contributed by atoms with Gasteiger partial charge in [-0.3, -0.25) is 0 Å². The van der Waals surface area contributed by atoms with Crippen molar-refractivity contribution in [2.75, 3.05) is 20.6 Å². The van der Waals surface area contributed by atoms with E-state index in [4.69, 9.17) is 0 Å². The van der Waals surface area contributed by atoms with Crippen LogP contribution in [0.15, 0.2) is 0 Å². The lowest BCUT2D eigenvalue weighted by Crippen LogP contribution is -2.32. The summed E-state index contributed by atoms with van der Waals surface area (Å²) in [7, 11) is 3.43. The average molecular weight is 191 g/mol. The van der Waals surface area contributed by atoms with Crippen molar-refractivity contribution in [1.29, 1.82) is 0 Å². The first-order chi connectivity index (χ1) is 5.56. The van der Waals surface area contributed by atoms with Gasteiger partial charge in [0, 0.05) is 0 Å². The van der Waals surface area contributed by atoms with E-state index < -0.39 is 0 Å². The first-order valence-corrected chi connectivity index (χ1v) is 5.10. The molecule has 0 saturated carbocycles. The first kappa shape index (κ1) is 15.4. The van der Waals surface area contributed by atoms with Gasteiger partial charge in [0.25, 0.3) is 0 Å². The van der Waals surface area contributed by atoms with Crippen molar-refractivity contribution in [3.63, 3.8) is 0 Å². The summed E-state index contributed by atoms with van der Waals surface area (Å²) in [6.07, 6.45) is 7.58. The third-order valence-corrected chi connectivity index (χ3v) is 2.05. The fourth-order valence-corrected chi connectivity index (χ4v) is 1.27. The molecule has 0 fully saturated rings. The molecule has 0 unspecified atom stereocenters. The Balaban J connectivity index is 0. The van der Waals surface area contributed by atoms with E-state index in [1.807, 2.05) is 0 Å². The van der Waals surface area contributed by atoms with Gasteiger partial charge >= 0.3 is 0 Å². The highest BCUT2D eigenvalue weighted by atomic mass is 16.5. The van der Waals surface area contributed by atoms with E-state index >= 15 is 0 Å². The molecule has 0 aromatic carbocycles. The van der Waals surface area contributed by atoms with Gasteiger partial charge in [0.2, 0.25) is 0 Å². The van der Waals surface area contributed by atoms with E-state index in [0.29, 0.717) is 0 Å². The molecule has 0 heterocycles. The van der Waals surface area contributed by atoms with E-state index in [0.717, 1.165) is 13.0 Å². The van der Waals surface area contributed by atoms with Gasteiger partial charge in [0.1, 0.15) is 0 Å². The van der Waals surface area contributed by atoms with Crippen molar-refractivity contribution in [3.05, 3.63) is 5.21 Å². The third-order valence-electron chi connectivity index (χ3n) is 2.05. The zero-order valence-electron chi connectivity index (χ0n) is 9.31. The number of hydroxylamine groups is 3. The van der Waals surface area contributed by atoms with Gasteiger partial charge in [-0.25, -0.2) is 0 Å². The average Bonchev–Trinajstić information content (AvgIpc) is 1.94. The predicted molar refractivity (Wildman–Crippen MR) is 57.3 cm³/mol. The lowest BCUT2D eigenvalue weighted by molar-refractivity contribution is -0.840. The molecule has 0 atom stereocenters. The van der Waals surface area contributed by atoms with Crippen LogP contribution in [0.5, 0.6) is 0 Å². The summed E-state index contributed by atoms with van der Waals surface area (Å²) in [5.74, 6) is 0. The number of hydrogen-bond donors (Lipinski definition) is 0. The van der Waals surface area contributed by atoms with Crippen LogP contribution in [0.3, 0.4) is 0 Å². The van der Waals surface area contributed by atoms with Gasteiger partial charge < -0.3 is 15.3 Å². The van der Waals surface area contributed by atoms with Crippen LogP contribution in [0.1, 0.15) is 45.4 Å². The number of quaternary nitrogens is 1. The molecule has 3 heteroatoms. The molecule has 0 aliphatic heterocycles. The molecule has 13 heavy (non-hydrogen) atoms. The largest absolute Gasteiger partial charge is 0.633 e. The molecule has 0 saturated heterocycles. The third kappa shape index (κ3) is 14.7. The van der Waals surface area contributed by atoms with Crippen molar-refractivity contribution < 1.29 is 10.1 Å². The standard InChI is InChI=1S/C10H23NO.H2O/c1-4-5-6-7-8-9-10-11(2,3)12;/h4-10H2,1-3H3;1H2. The molecular formula is C10H25NO2. The van der Waals surface area contributed by atoms with Crippen LogP contribution in [-0.2, 0) is 0 Å². The molecule has 82 valence electrons. The normalized spacial score (nSPS) is 11.1. The molecule has 0 aromatic rings. The maximum absolute atomic E-state index is 11.1. The van der Waals surface area contributed by atoms with Crippen LogP contribution in [0.2, 0.25) is 0 Å². The van der Waals surface area contributed by atoms with Crippen molar-refractivity contribution in [2.24, 2.45) is 0 Å². The van der Waals surface area contributed by atoms with Crippen molar-refractivity contribution in [2.45, 2.75) is 45.4 Å². The second-order valence-electron chi connectivity index (χ2n) is 4.07. The Hall–Kier alpha value is -0.120. The van der Waals surface area contributed by atoms with Crippen LogP contribution in [-0.4, -0.2) is 30.8 Å². The summed E-state index contributed by atoms with van der Waals surface area (Å²) in [5, 5.41) is 11.1. The lowest BCUT2D eigenvalue weighted by atomic mass is 10.1. The van der Waals surface area contributed by atoms with Crippen molar-refractivity contribution in [1.82, 2.24) is 0 Å². The molecule has 2 N–H and O–H groups in total. The molecule has 0 aromatic heterocycles. The monoisotopic (exact) mass is 191 g/mol. The molecule has 0 rings (SSSR count). The van der Waals surface area contributed by atoms with Crippen LogP contribution < -0.4 is 0 Å². The van der Waals surface area contributed by atoms with Crippen LogP contribution in [0.4, 0.5) is 0 Å². The minimum atomic E-state index is -0.131. The summed E-state index contributed by atoms with van der Waals surface area (Å²) in [6, 6.07) is 0. The summed E-state index contributed by atoms with van der Waals surface area (Å²) in [5.41, 5.74) is 0. The molecular weight excluding hydrogens is 166 g/mol. The van der Waals surface area contributed by atoms with Gasteiger partial charge in [0.15, 0.2) is 0 Å². The number of hydrogen-bond acceptors (Lipinski definition) is 1. The topological polar surface area (TPSA) is 54.6 Å². The second-order valence-corrected chi connectivity index (χ2v) is 4.07. The fourth-order valence-electron chi connectivity index (χ4n) is 1.27. The van der Waals surface area contributed by atoms with E-state index in [1.54, 1.807) is 14.1 Å². The number of unbranched alkanes of at least 4 members (excludes halogenated alkanes) is 5. The molecule has 0 bridgehead atoms. The van der Waals surface area contributed by atoms with Crippen LogP contribution in [0.25, 0.3) is 0 Å². The Labute approximate surface area is 82.2 Å². The van der Waals surface area contributed by atoms with E-state index in [2.05, 4.69) is 6.92 Å². The molecule has 3 nitrogen and oxygen atoms in total. The Bertz CT molecular complexity index is 99.6. The highest BCUT2D eigenvalue weighted by Gasteiger charge is 1.99. The maximum atomic E-state index is 11.1. The highest BCUT2D eigenvalue weighted by molar-refractivity contribution is 4.43. The van der Waals surface area contributed by atoms with E-state index in [1.165, 1.54) is 32.1 Å². The summed E-state index contributed by atoms with van der Waals surface area (Å²) >= 11 is 0. The Kier molecular flexibility index (Phi) is 10.0. The quantitative estimate of drug-likeness (QED) is 0.345. The molecule has 0 amide bonds. The van der Waals surface area contributed by atoms with Gasteiger partial charge in [-0.15, -0.1) is 0 Å². The maximum Gasteiger partial charge on any atom is 0.0779 e. The van der Waals surface area contributed by atoms with Gasteiger partial charge in [0.05, 0.1) is 20.6 Å². The van der Waals surface area contributed by atoms with E-state index in [9.17, 15) is 5.21 Å². The molecule has 0 aliphatic rings.